The van der Waals surface area contributed by atoms with E-state index in [0.717, 1.165) is 0 Å². The first-order valence-electron chi connectivity index (χ1n) is 5.91. The predicted octanol–water partition coefficient (Wildman–Crippen LogP) is 1.11. The van der Waals surface area contributed by atoms with Crippen LogP contribution in [0.2, 0.25) is 0 Å². The largest absolute Gasteiger partial charge is 0.444 e. The second-order valence-corrected chi connectivity index (χ2v) is 5.18. The number of rotatable bonds is 1. The molecule has 100 valence electrons. The number of nitrogens with zero attached hydrogens (tertiary/aromatic N) is 3. The van der Waals surface area contributed by atoms with Crippen molar-refractivity contribution in [2.75, 3.05) is 19.7 Å². The molecule has 7 nitrogen and oxygen atoms in total. The van der Waals surface area contributed by atoms with Gasteiger partial charge < -0.3 is 14.4 Å². The standard InChI is InChI=1S/C11H18N4O3/c1-11(2,3)18-10(16)15-4-5-17-9(7-15)8-6-12-14-13-8/h6,9H,4-5,7H2,1-3H3,(H,12,13,14). The Morgan fingerprint density at radius 2 is 2.39 bits per heavy atom. The molecule has 1 N–H and O–H groups in total. The normalized spacial score (nSPS) is 20.8. The van der Waals surface area contributed by atoms with E-state index < -0.39 is 5.60 Å². The monoisotopic (exact) mass is 254 g/mol. The summed E-state index contributed by atoms with van der Waals surface area (Å²) in [6.45, 7) is 6.98. The van der Waals surface area contributed by atoms with Gasteiger partial charge in [0.25, 0.3) is 0 Å². The van der Waals surface area contributed by atoms with E-state index in [4.69, 9.17) is 9.47 Å². The molecule has 1 atom stereocenters. The van der Waals surface area contributed by atoms with Gasteiger partial charge in [0.05, 0.1) is 19.3 Å². The molecule has 18 heavy (non-hydrogen) atoms. The molecule has 1 saturated heterocycles. The number of amides is 1. The summed E-state index contributed by atoms with van der Waals surface area (Å²) in [6, 6.07) is 0. The average Bonchev–Trinajstić information content (AvgIpc) is 2.80. The summed E-state index contributed by atoms with van der Waals surface area (Å²) in [5.74, 6) is 0. The third kappa shape index (κ3) is 3.19. The third-order valence-electron chi connectivity index (χ3n) is 2.48. The molecule has 2 heterocycles. The Kier molecular flexibility index (Phi) is 3.51. The molecule has 0 radical (unpaired) electrons. The Hall–Kier alpha value is -1.63. The molecule has 7 heteroatoms. The minimum absolute atomic E-state index is 0.245. The number of carbonyl (C=O) groups excluding carboxylic acids is 1. The van der Waals surface area contributed by atoms with E-state index in [0.29, 0.717) is 25.4 Å². The van der Waals surface area contributed by atoms with E-state index in [-0.39, 0.29) is 12.2 Å². The third-order valence-corrected chi connectivity index (χ3v) is 2.48. The minimum Gasteiger partial charge on any atom is -0.444 e. The second kappa shape index (κ2) is 4.93. The van der Waals surface area contributed by atoms with E-state index in [1.54, 1.807) is 11.1 Å². The minimum atomic E-state index is -0.487. The van der Waals surface area contributed by atoms with Crippen LogP contribution in [0.15, 0.2) is 6.20 Å². The Morgan fingerprint density at radius 3 is 3.00 bits per heavy atom. The lowest BCUT2D eigenvalue weighted by molar-refractivity contribution is -0.0447. The van der Waals surface area contributed by atoms with Crippen molar-refractivity contribution in [2.24, 2.45) is 0 Å². The fourth-order valence-corrected chi connectivity index (χ4v) is 1.69. The number of morpholine rings is 1. The maximum Gasteiger partial charge on any atom is 0.410 e. The first-order valence-corrected chi connectivity index (χ1v) is 5.91. The van der Waals surface area contributed by atoms with Gasteiger partial charge in [0.15, 0.2) is 0 Å². The van der Waals surface area contributed by atoms with Crippen molar-refractivity contribution in [3.8, 4) is 0 Å². The topological polar surface area (TPSA) is 80.3 Å². The van der Waals surface area contributed by atoms with Crippen molar-refractivity contribution in [1.82, 2.24) is 20.3 Å². The summed E-state index contributed by atoms with van der Waals surface area (Å²) in [7, 11) is 0. The van der Waals surface area contributed by atoms with Gasteiger partial charge >= 0.3 is 6.09 Å². The SMILES string of the molecule is CC(C)(C)OC(=O)N1CCOC(c2cn[nH]n2)C1. The molecule has 1 aliphatic heterocycles. The quantitative estimate of drug-likeness (QED) is 0.812. The molecule has 0 aliphatic carbocycles. The zero-order chi connectivity index (χ0) is 13.2. The van der Waals surface area contributed by atoms with E-state index in [9.17, 15) is 4.79 Å². The molecule has 1 aliphatic rings. The number of aromatic nitrogens is 3. The van der Waals surface area contributed by atoms with Crippen molar-refractivity contribution in [2.45, 2.75) is 32.5 Å². The van der Waals surface area contributed by atoms with Crippen LogP contribution in [0, 0.1) is 0 Å². The Morgan fingerprint density at radius 1 is 1.61 bits per heavy atom. The zero-order valence-electron chi connectivity index (χ0n) is 10.8. The number of hydrogen-bond acceptors (Lipinski definition) is 5. The van der Waals surface area contributed by atoms with Crippen molar-refractivity contribution in [3.05, 3.63) is 11.9 Å². The number of ether oxygens (including phenoxy) is 2. The maximum atomic E-state index is 11.9. The highest BCUT2D eigenvalue weighted by atomic mass is 16.6. The molecule has 0 spiro atoms. The average molecular weight is 254 g/mol. The first kappa shape index (κ1) is 12.8. The number of carbonyl (C=O) groups is 1. The predicted molar refractivity (Wildman–Crippen MR) is 62.9 cm³/mol. The second-order valence-electron chi connectivity index (χ2n) is 5.18. The van der Waals surface area contributed by atoms with Gasteiger partial charge in [-0.25, -0.2) is 4.79 Å². The summed E-state index contributed by atoms with van der Waals surface area (Å²) in [6.07, 6.45) is 1.04. The highest BCUT2D eigenvalue weighted by Crippen LogP contribution is 2.21. The van der Waals surface area contributed by atoms with E-state index >= 15 is 0 Å². The van der Waals surface area contributed by atoms with Gasteiger partial charge in [0.1, 0.15) is 17.4 Å². The van der Waals surface area contributed by atoms with Crippen LogP contribution in [0.1, 0.15) is 32.6 Å². The van der Waals surface area contributed by atoms with Crippen LogP contribution in [-0.2, 0) is 9.47 Å². The Labute approximate surface area is 105 Å². The van der Waals surface area contributed by atoms with Crippen molar-refractivity contribution >= 4 is 6.09 Å². The highest BCUT2D eigenvalue weighted by Gasteiger charge is 2.29. The van der Waals surface area contributed by atoms with E-state index in [1.807, 2.05) is 20.8 Å². The fourth-order valence-electron chi connectivity index (χ4n) is 1.69. The molecular weight excluding hydrogens is 236 g/mol. The van der Waals surface area contributed by atoms with Crippen LogP contribution in [0.25, 0.3) is 0 Å². The molecule has 1 amide bonds. The van der Waals surface area contributed by atoms with Gasteiger partial charge in [-0.2, -0.15) is 15.4 Å². The molecule has 2 rings (SSSR count). The van der Waals surface area contributed by atoms with Gasteiger partial charge in [-0.3, -0.25) is 0 Å². The van der Waals surface area contributed by atoms with Crippen LogP contribution in [-0.4, -0.2) is 51.7 Å². The van der Waals surface area contributed by atoms with Gasteiger partial charge in [-0.05, 0) is 20.8 Å². The summed E-state index contributed by atoms with van der Waals surface area (Å²) in [4.78, 5) is 13.6. The Bertz CT molecular complexity index is 399. The number of nitrogens with one attached hydrogen (secondary N) is 1. The summed E-state index contributed by atoms with van der Waals surface area (Å²) < 4.78 is 10.9. The van der Waals surface area contributed by atoms with Crippen LogP contribution in [0.5, 0.6) is 0 Å². The van der Waals surface area contributed by atoms with Crippen LogP contribution >= 0.6 is 0 Å². The summed E-state index contributed by atoms with van der Waals surface area (Å²) in [5, 5.41) is 10.2. The molecule has 0 bridgehead atoms. The molecule has 1 unspecified atom stereocenters. The van der Waals surface area contributed by atoms with E-state index in [2.05, 4.69) is 15.4 Å². The smallest absolute Gasteiger partial charge is 0.410 e. The maximum absolute atomic E-state index is 11.9. The van der Waals surface area contributed by atoms with Gasteiger partial charge in [-0.15, -0.1) is 0 Å². The van der Waals surface area contributed by atoms with Crippen LogP contribution < -0.4 is 0 Å². The van der Waals surface area contributed by atoms with Crippen molar-refractivity contribution in [1.29, 1.82) is 0 Å². The van der Waals surface area contributed by atoms with Gasteiger partial charge in [0, 0.05) is 6.54 Å². The lowest BCUT2D eigenvalue weighted by atomic mass is 10.2. The van der Waals surface area contributed by atoms with E-state index in [1.165, 1.54) is 0 Å². The molecule has 0 saturated carbocycles. The number of hydrogen-bond donors (Lipinski definition) is 1. The number of H-pyrrole nitrogens is 1. The fraction of sp³-hybridized carbons (Fsp3) is 0.727. The van der Waals surface area contributed by atoms with Gasteiger partial charge in [-0.1, -0.05) is 0 Å². The molecule has 1 aromatic rings. The molecular formula is C11H18N4O3. The van der Waals surface area contributed by atoms with Crippen LogP contribution in [0.4, 0.5) is 4.79 Å². The molecule has 1 fully saturated rings. The van der Waals surface area contributed by atoms with Crippen LogP contribution in [0.3, 0.4) is 0 Å². The lowest BCUT2D eigenvalue weighted by Crippen LogP contribution is -2.44. The summed E-state index contributed by atoms with van der Waals surface area (Å²) >= 11 is 0. The van der Waals surface area contributed by atoms with Gasteiger partial charge in [0.2, 0.25) is 0 Å². The summed E-state index contributed by atoms with van der Waals surface area (Å²) in [5.41, 5.74) is 0.210. The zero-order valence-corrected chi connectivity index (χ0v) is 10.8. The molecule has 1 aromatic heterocycles. The molecule has 0 aromatic carbocycles. The number of aromatic amines is 1. The lowest BCUT2D eigenvalue weighted by Gasteiger charge is -2.33. The Balaban J connectivity index is 1.96. The van der Waals surface area contributed by atoms with Crippen molar-refractivity contribution < 1.29 is 14.3 Å². The highest BCUT2D eigenvalue weighted by molar-refractivity contribution is 5.68. The first-order chi connectivity index (χ1) is 8.46. The van der Waals surface area contributed by atoms with Crippen molar-refractivity contribution in [3.63, 3.8) is 0 Å².